The van der Waals surface area contributed by atoms with Gasteiger partial charge in [0.15, 0.2) is 0 Å². The highest BCUT2D eigenvalue weighted by molar-refractivity contribution is 5.36. The Labute approximate surface area is 120 Å². The lowest BCUT2D eigenvalue weighted by Gasteiger charge is -2.32. The largest absolute Gasteiger partial charge is 0.488 e. The lowest BCUT2D eigenvalue weighted by Crippen LogP contribution is -2.31. The summed E-state index contributed by atoms with van der Waals surface area (Å²) in [5.74, 6) is 1.45. The van der Waals surface area contributed by atoms with Crippen molar-refractivity contribution < 1.29 is 9.66 Å². The molecule has 0 spiro atoms. The van der Waals surface area contributed by atoms with Crippen molar-refractivity contribution in [2.75, 3.05) is 0 Å². The van der Waals surface area contributed by atoms with Crippen molar-refractivity contribution >= 4 is 5.69 Å². The van der Waals surface area contributed by atoms with Gasteiger partial charge in [-0.3, -0.25) is 10.1 Å². The highest BCUT2D eigenvalue weighted by Gasteiger charge is 2.26. The quantitative estimate of drug-likeness (QED) is 0.578. The third-order valence-corrected chi connectivity index (χ3v) is 3.95. The molecule has 1 saturated carbocycles. The first-order valence-corrected chi connectivity index (χ1v) is 7.40. The molecule has 4 heteroatoms. The van der Waals surface area contributed by atoms with E-state index >= 15 is 0 Å². The number of nitro benzene ring substituents is 1. The van der Waals surface area contributed by atoms with E-state index in [-0.39, 0.29) is 11.3 Å². The Morgan fingerprint density at radius 1 is 1.20 bits per heavy atom. The monoisotopic (exact) mass is 277 g/mol. The van der Waals surface area contributed by atoms with E-state index < -0.39 is 4.92 Å². The molecular weight excluding hydrogens is 254 g/mol. The second kappa shape index (κ2) is 6.25. The predicted octanol–water partition coefficient (Wildman–Crippen LogP) is 4.72. The molecule has 0 amide bonds. The van der Waals surface area contributed by atoms with Crippen LogP contribution in [0.2, 0.25) is 0 Å². The molecule has 1 aromatic carbocycles. The molecule has 0 unspecified atom stereocenters. The molecule has 1 aliphatic rings. The molecule has 0 radical (unpaired) electrons. The molecule has 1 aromatic rings. The van der Waals surface area contributed by atoms with Gasteiger partial charge in [0.1, 0.15) is 11.4 Å². The minimum absolute atomic E-state index is 0.0995. The van der Waals surface area contributed by atoms with E-state index in [0.29, 0.717) is 5.75 Å². The summed E-state index contributed by atoms with van der Waals surface area (Å²) in [4.78, 5) is 10.2. The smallest absolute Gasteiger partial charge is 0.269 e. The number of hydrogen-bond donors (Lipinski definition) is 0. The molecule has 0 atom stereocenters. The summed E-state index contributed by atoms with van der Waals surface area (Å²) < 4.78 is 6.02. The zero-order valence-electron chi connectivity index (χ0n) is 12.3. The van der Waals surface area contributed by atoms with Gasteiger partial charge in [-0.15, -0.1) is 0 Å². The normalized spacial score (nSPS) is 16.9. The second-order valence-corrected chi connectivity index (χ2v) is 6.32. The number of rotatable bonds is 5. The van der Waals surface area contributed by atoms with Crippen LogP contribution in [-0.2, 0) is 0 Å². The van der Waals surface area contributed by atoms with Crippen LogP contribution in [-0.4, -0.2) is 10.5 Å². The predicted molar refractivity (Wildman–Crippen MR) is 79.0 cm³/mol. The van der Waals surface area contributed by atoms with Gasteiger partial charge in [-0.05, 0) is 38.3 Å². The van der Waals surface area contributed by atoms with Crippen LogP contribution < -0.4 is 4.74 Å². The molecule has 0 aliphatic heterocycles. The second-order valence-electron chi connectivity index (χ2n) is 6.32. The van der Waals surface area contributed by atoms with E-state index in [1.807, 2.05) is 0 Å². The average Bonchev–Trinajstić information content (AvgIpc) is 2.39. The molecule has 0 bridgehead atoms. The summed E-state index contributed by atoms with van der Waals surface area (Å²) in [5.41, 5.74) is -0.125. The summed E-state index contributed by atoms with van der Waals surface area (Å²) in [6, 6.07) is 6.35. The van der Waals surface area contributed by atoms with Crippen molar-refractivity contribution in [3.05, 3.63) is 34.4 Å². The van der Waals surface area contributed by atoms with E-state index in [1.165, 1.54) is 44.2 Å². The van der Waals surface area contributed by atoms with Crippen molar-refractivity contribution in [1.29, 1.82) is 0 Å². The molecular formula is C16H23NO3. The van der Waals surface area contributed by atoms with Crippen LogP contribution in [0, 0.1) is 16.0 Å². The van der Waals surface area contributed by atoms with Crippen LogP contribution >= 0.6 is 0 Å². The lowest BCUT2D eigenvalue weighted by atomic mass is 9.82. The standard InChI is InChI=1S/C16H23NO3/c1-16(2,12-13-6-4-3-5-7-13)20-15-10-8-14(9-11-15)17(18)19/h8-11,13H,3-7,12H2,1-2H3. The zero-order valence-corrected chi connectivity index (χ0v) is 12.3. The van der Waals surface area contributed by atoms with E-state index in [0.717, 1.165) is 12.3 Å². The summed E-state index contributed by atoms with van der Waals surface area (Å²) >= 11 is 0. The SMILES string of the molecule is CC(C)(CC1CCCCC1)Oc1ccc([N+](=O)[O-])cc1. The third kappa shape index (κ3) is 4.22. The van der Waals surface area contributed by atoms with Crippen molar-refractivity contribution in [2.24, 2.45) is 5.92 Å². The van der Waals surface area contributed by atoms with Gasteiger partial charge in [-0.1, -0.05) is 32.1 Å². The third-order valence-electron chi connectivity index (χ3n) is 3.95. The van der Waals surface area contributed by atoms with Gasteiger partial charge in [-0.25, -0.2) is 0 Å². The van der Waals surface area contributed by atoms with Gasteiger partial charge in [0.05, 0.1) is 4.92 Å². The first-order valence-electron chi connectivity index (χ1n) is 7.40. The Bertz CT molecular complexity index is 447. The molecule has 4 nitrogen and oxygen atoms in total. The molecule has 1 fully saturated rings. The molecule has 1 aliphatic carbocycles. The van der Waals surface area contributed by atoms with Crippen molar-refractivity contribution in [3.63, 3.8) is 0 Å². The topological polar surface area (TPSA) is 52.4 Å². The molecule has 2 rings (SSSR count). The Kier molecular flexibility index (Phi) is 4.63. The number of benzene rings is 1. The number of non-ortho nitro benzene ring substituents is 1. The molecule has 110 valence electrons. The molecule has 0 saturated heterocycles. The van der Waals surface area contributed by atoms with Gasteiger partial charge in [-0.2, -0.15) is 0 Å². The first-order chi connectivity index (χ1) is 9.46. The molecule has 20 heavy (non-hydrogen) atoms. The number of nitro groups is 1. The van der Waals surface area contributed by atoms with Crippen LogP contribution in [0.5, 0.6) is 5.75 Å². The van der Waals surface area contributed by atoms with E-state index in [2.05, 4.69) is 13.8 Å². The summed E-state index contributed by atoms with van der Waals surface area (Å²) in [5, 5.41) is 10.6. The van der Waals surface area contributed by atoms with Crippen molar-refractivity contribution in [3.8, 4) is 5.75 Å². The summed E-state index contributed by atoms with van der Waals surface area (Å²) in [6.45, 7) is 4.20. The Balaban J connectivity index is 1.94. The summed E-state index contributed by atoms with van der Waals surface area (Å²) in [6.07, 6.45) is 7.67. The van der Waals surface area contributed by atoms with Gasteiger partial charge in [0.2, 0.25) is 0 Å². The summed E-state index contributed by atoms with van der Waals surface area (Å²) in [7, 11) is 0. The number of nitrogens with zero attached hydrogens (tertiary/aromatic N) is 1. The fraction of sp³-hybridized carbons (Fsp3) is 0.625. The fourth-order valence-corrected chi connectivity index (χ4v) is 3.08. The highest BCUT2D eigenvalue weighted by Crippen LogP contribution is 2.33. The van der Waals surface area contributed by atoms with Gasteiger partial charge in [0.25, 0.3) is 5.69 Å². The van der Waals surface area contributed by atoms with Crippen LogP contribution in [0.1, 0.15) is 52.4 Å². The minimum atomic E-state index is -0.392. The molecule has 0 heterocycles. The van der Waals surface area contributed by atoms with Crippen molar-refractivity contribution in [1.82, 2.24) is 0 Å². The first kappa shape index (κ1) is 14.8. The van der Waals surface area contributed by atoms with E-state index in [4.69, 9.17) is 4.74 Å². The maximum absolute atomic E-state index is 10.6. The van der Waals surface area contributed by atoms with Gasteiger partial charge < -0.3 is 4.74 Å². The maximum Gasteiger partial charge on any atom is 0.269 e. The molecule has 0 aromatic heterocycles. The minimum Gasteiger partial charge on any atom is -0.488 e. The van der Waals surface area contributed by atoms with Crippen LogP contribution in [0.15, 0.2) is 24.3 Å². The van der Waals surface area contributed by atoms with Crippen LogP contribution in [0.3, 0.4) is 0 Å². The van der Waals surface area contributed by atoms with Crippen molar-refractivity contribution in [2.45, 2.75) is 58.0 Å². The Morgan fingerprint density at radius 2 is 1.80 bits per heavy atom. The maximum atomic E-state index is 10.6. The lowest BCUT2D eigenvalue weighted by molar-refractivity contribution is -0.384. The van der Waals surface area contributed by atoms with Gasteiger partial charge >= 0.3 is 0 Å². The zero-order chi connectivity index (χ0) is 14.6. The molecule has 0 N–H and O–H groups in total. The van der Waals surface area contributed by atoms with E-state index in [9.17, 15) is 10.1 Å². The Hall–Kier alpha value is -1.58. The number of hydrogen-bond acceptors (Lipinski definition) is 3. The van der Waals surface area contributed by atoms with Gasteiger partial charge in [0, 0.05) is 12.1 Å². The van der Waals surface area contributed by atoms with Crippen LogP contribution in [0.25, 0.3) is 0 Å². The average molecular weight is 277 g/mol. The number of ether oxygens (including phenoxy) is 1. The van der Waals surface area contributed by atoms with Crippen LogP contribution in [0.4, 0.5) is 5.69 Å². The van der Waals surface area contributed by atoms with E-state index in [1.54, 1.807) is 12.1 Å². The highest BCUT2D eigenvalue weighted by atomic mass is 16.6. The Morgan fingerprint density at radius 3 is 2.35 bits per heavy atom. The fourth-order valence-electron chi connectivity index (χ4n) is 3.08.